The van der Waals surface area contributed by atoms with Gasteiger partial charge < -0.3 is 4.74 Å². The van der Waals surface area contributed by atoms with Crippen LogP contribution in [0.5, 0.6) is 5.75 Å². The number of carbonyl (C=O) groups is 1. The van der Waals surface area contributed by atoms with Crippen LogP contribution in [0.2, 0.25) is 0 Å². The molecule has 1 amide bonds. The number of fused-ring (bicyclic) bond motifs is 1. The Hall–Kier alpha value is -3.25. The van der Waals surface area contributed by atoms with Crippen molar-refractivity contribution < 1.29 is 9.53 Å². The van der Waals surface area contributed by atoms with E-state index < -0.39 is 0 Å². The predicted octanol–water partition coefficient (Wildman–Crippen LogP) is 5.47. The zero-order valence-electron chi connectivity index (χ0n) is 17.5. The summed E-state index contributed by atoms with van der Waals surface area (Å²) in [5.41, 5.74) is 5.42. The Morgan fingerprint density at radius 3 is 2.60 bits per heavy atom. The Labute approximate surface area is 180 Å². The van der Waals surface area contributed by atoms with Crippen LogP contribution in [0.3, 0.4) is 0 Å². The van der Waals surface area contributed by atoms with Crippen LogP contribution in [0.1, 0.15) is 32.7 Å². The molecule has 0 bridgehead atoms. The van der Waals surface area contributed by atoms with Crippen molar-refractivity contribution in [2.24, 2.45) is 0 Å². The molecule has 0 spiro atoms. The number of anilines is 1. The largest absolute Gasteiger partial charge is 0.494 e. The first kappa shape index (κ1) is 20.0. The standard InChI is InChI=1S/C24H23N3O2S/c1-15-8-10-19(17(3)13-15)23(28)27(14-18-7-5-6-12-25-18)24-26-21-20(29-4)11-9-16(2)22(21)30-24/h5-13H,14H2,1-4H3. The van der Waals surface area contributed by atoms with E-state index in [-0.39, 0.29) is 5.91 Å². The van der Waals surface area contributed by atoms with E-state index in [0.717, 1.165) is 32.6 Å². The van der Waals surface area contributed by atoms with Gasteiger partial charge in [-0.25, -0.2) is 4.98 Å². The summed E-state index contributed by atoms with van der Waals surface area (Å²) in [6, 6.07) is 15.5. The number of ether oxygens (including phenoxy) is 1. The van der Waals surface area contributed by atoms with E-state index in [1.165, 1.54) is 11.3 Å². The van der Waals surface area contributed by atoms with Gasteiger partial charge in [-0.05, 0) is 56.2 Å². The number of rotatable bonds is 5. The van der Waals surface area contributed by atoms with Crippen LogP contribution in [-0.4, -0.2) is 23.0 Å². The van der Waals surface area contributed by atoms with Crippen molar-refractivity contribution in [3.05, 3.63) is 82.7 Å². The van der Waals surface area contributed by atoms with Gasteiger partial charge in [0.15, 0.2) is 5.13 Å². The monoisotopic (exact) mass is 417 g/mol. The molecule has 0 saturated carbocycles. The molecule has 0 saturated heterocycles. The van der Waals surface area contributed by atoms with Crippen LogP contribution in [0.25, 0.3) is 10.2 Å². The second-order valence-corrected chi connectivity index (χ2v) is 8.27. The van der Waals surface area contributed by atoms with Crippen LogP contribution in [0.15, 0.2) is 54.7 Å². The molecule has 0 N–H and O–H groups in total. The highest BCUT2D eigenvalue weighted by Crippen LogP contribution is 2.37. The molecule has 4 aromatic rings. The number of aryl methyl sites for hydroxylation is 3. The van der Waals surface area contributed by atoms with Gasteiger partial charge in [0.25, 0.3) is 5.91 Å². The fourth-order valence-corrected chi connectivity index (χ4v) is 4.51. The van der Waals surface area contributed by atoms with Crippen LogP contribution < -0.4 is 9.64 Å². The van der Waals surface area contributed by atoms with Gasteiger partial charge in [-0.1, -0.05) is 41.2 Å². The number of amides is 1. The van der Waals surface area contributed by atoms with Crippen molar-refractivity contribution in [1.82, 2.24) is 9.97 Å². The lowest BCUT2D eigenvalue weighted by Crippen LogP contribution is -2.31. The summed E-state index contributed by atoms with van der Waals surface area (Å²) in [4.78, 5) is 24.6. The lowest BCUT2D eigenvalue weighted by atomic mass is 10.0. The number of benzene rings is 2. The van der Waals surface area contributed by atoms with Gasteiger partial charge in [0, 0.05) is 11.8 Å². The molecule has 0 aliphatic heterocycles. The number of aromatic nitrogens is 2. The second-order valence-electron chi connectivity index (χ2n) is 7.29. The lowest BCUT2D eigenvalue weighted by Gasteiger charge is -2.20. The molecular weight excluding hydrogens is 394 g/mol. The average Bonchev–Trinajstić information content (AvgIpc) is 3.19. The van der Waals surface area contributed by atoms with E-state index in [1.54, 1.807) is 18.2 Å². The van der Waals surface area contributed by atoms with E-state index in [4.69, 9.17) is 9.72 Å². The Morgan fingerprint density at radius 1 is 1.07 bits per heavy atom. The summed E-state index contributed by atoms with van der Waals surface area (Å²) < 4.78 is 6.52. The highest BCUT2D eigenvalue weighted by Gasteiger charge is 2.24. The molecule has 2 heterocycles. The maximum absolute atomic E-state index is 13.6. The topological polar surface area (TPSA) is 55.3 Å². The Kier molecular flexibility index (Phi) is 5.50. The first-order valence-electron chi connectivity index (χ1n) is 9.71. The number of nitrogens with zero attached hydrogens (tertiary/aromatic N) is 3. The van der Waals surface area contributed by atoms with Crippen molar-refractivity contribution in [1.29, 1.82) is 0 Å². The minimum Gasteiger partial charge on any atom is -0.494 e. The molecule has 4 rings (SSSR count). The number of hydrogen-bond acceptors (Lipinski definition) is 5. The minimum absolute atomic E-state index is 0.0890. The zero-order chi connectivity index (χ0) is 21.3. The molecule has 0 atom stereocenters. The highest BCUT2D eigenvalue weighted by molar-refractivity contribution is 7.22. The van der Waals surface area contributed by atoms with Crippen molar-refractivity contribution in [3.63, 3.8) is 0 Å². The summed E-state index contributed by atoms with van der Waals surface area (Å²) in [7, 11) is 1.63. The minimum atomic E-state index is -0.0890. The molecule has 0 unspecified atom stereocenters. The Morgan fingerprint density at radius 2 is 1.90 bits per heavy atom. The van der Waals surface area contributed by atoms with Gasteiger partial charge in [-0.3, -0.25) is 14.7 Å². The fraction of sp³-hybridized carbons (Fsp3) is 0.208. The van der Waals surface area contributed by atoms with Gasteiger partial charge in [0.2, 0.25) is 0 Å². The molecule has 2 aromatic heterocycles. The van der Waals surface area contributed by atoms with Crippen molar-refractivity contribution in [3.8, 4) is 5.75 Å². The molecule has 6 heteroatoms. The zero-order valence-corrected chi connectivity index (χ0v) is 18.3. The van der Waals surface area contributed by atoms with E-state index in [1.807, 2.05) is 69.3 Å². The molecule has 30 heavy (non-hydrogen) atoms. The van der Waals surface area contributed by atoms with E-state index in [0.29, 0.717) is 23.0 Å². The normalized spacial score (nSPS) is 10.9. The second kappa shape index (κ2) is 8.24. The maximum Gasteiger partial charge on any atom is 0.260 e. The molecular formula is C24H23N3O2S. The summed E-state index contributed by atoms with van der Waals surface area (Å²) in [6.45, 7) is 6.37. The van der Waals surface area contributed by atoms with Crippen molar-refractivity contribution in [2.75, 3.05) is 12.0 Å². The van der Waals surface area contributed by atoms with Crippen LogP contribution in [0, 0.1) is 20.8 Å². The predicted molar refractivity (Wildman–Crippen MR) is 122 cm³/mol. The quantitative estimate of drug-likeness (QED) is 0.432. The van der Waals surface area contributed by atoms with Gasteiger partial charge >= 0.3 is 0 Å². The SMILES string of the molecule is COc1ccc(C)c2sc(N(Cc3ccccn3)C(=O)c3ccc(C)cc3C)nc12. The number of carbonyl (C=O) groups excluding carboxylic acids is 1. The van der Waals surface area contributed by atoms with Crippen molar-refractivity contribution in [2.45, 2.75) is 27.3 Å². The van der Waals surface area contributed by atoms with E-state index >= 15 is 0 Å². The Balaban J connectivity index is 1.84. The number of hydrogen-bond donors (Lipinski definition) is 0. The van der Waals surface area contributed by atoms with Gasteiger partial charge in [0.05, 0.1) is 24.0 Å². The molecule has 152 valence electrons. The van der Waals surface area contributed by atoms with E-state index in [9.17, 15) is 4.79 Å². The van der Waals surface area contributed by atoms with Gasteiger partial charge in [-0.15, -0.1) is 0 Å². The van der Waals surface area contributed by atoms with E-state index in [2.05, 4.69) is 4.98 Å². The third-order valence-corrected chi connectivity index (χ3v) is 6.26. The summed E-state index contributed by atoms with van der Waals surface area (Å²) in [5.74, 6) is 0.615. The number of pyridine rings is 1. The Bertz CT molecular complexity index is 1220. The smallest absolute Gasteiger partial charge is 0.260 e. The first-order chi connectivity index (χ1) is 14.5. The third-order valence-electron chi connectivity index (χ3n) is 5.05. The number of thiazole rings is 1. The molecule has 0 aliphatic carbocycles. The molecule has 0 radical (unpaired) electrons. The summed E-state index contributed by atoms with van der Waals surface area (Å²) in [5, 5.41) is 0.633. The first-order valence-corrected chi connectivity index (χ1v) is 10.5. The lowest BCUT2D eigenvalue weighted by molar-refractivity contribution is 0.0984. The van der Waals surface area contributed by atoms with Crippen LogP contribution >= 0.6 is 11.3 Å². The molecule has 0 fully saturated rings. The summed E-state index contributed by atoms with van der Waals surface area (Å²) >= 11 is 1.50. The van der Waals surface area contributed by atoms with Crippen LogP contribution in [-0.2, 0) is 6.54 Å². The third kappa shape index (κ3) is 3.78. The van der Waals surface area contributed by atoms with Crippen LogP contribution in [0.4, 0.5) is 5.13 Å². The molecule has 5 nitrogen and oxygen atoms in total. The average molecular weight is 418 g/mol. The number of methoxy groups -OCH3 is 1. The fourth-order valence-electron chi connectivity index (χ4n) is 3.46. The van der Waals surface area contributed by atoms with Crippen molar-refractivity contribution >= 4 is 32.6 Å². The molecule has 0 aliphatic rings. The summed E-state index contributed by atoms with van der Waals surface area (Å²) in [6.07, 6.45) is 1.74. The molecule has 2 aromatic carbocycles. The van der Waals surface area contributed by atoms with Gasteiger partial charge in [0.1, 0.15) is 11.3 Å². The highest BCUT2D eigenvalue weighted by atomic mass is 32.1. The van der Waals surface area contributed by atoms with Gasteiger partial charge in [-0.2, -0.15) is 0 Å². The maximum atomic E-state index is 13.6.